The van der Waals surface area contributed by atoms with Gasteiger partial charge in [-0.15, -0.1) is 0 Å². The number of nitrogens with zero attached hydrogens (tertiary/aromatic N) is 6. The van der Waals surface area contributed by atoms with Crippen LogP contribution in [0.4, 0.5) is 13.2 Å². The summed E-state index contributed by atoms with van der Waals surface area (Å²) in [5, 5.41) is 45.0. The van der Waals surface area contributed by atoms with Gasteiger partial charge in [-0.25, -0.2) is 0 Å². The molecule has 10 aromatic rings. The molecule has 2 heterocycles. The average Bonchev–Trinajstić information content (AvgIpc) is 3.82. The molecule has 0 fully saturated rings. The highest BCUT2D eigenvalue weighted by atomic mass is 19.4. The molecular weight excluding hydrogens is 778 g/mol. The van der Waals surface area contributed by atoms with Gasteiger partial charge in [0.25, 0.3) is 0 Å². The van der Waals surface area contributed by atoms with Gasteiger partial charge in [0.1, 0.15) is 11.6 Å². The number of hydrogen-bond acceptors (Lipinski definition) is 4. The van der Waals surface area contributed by atoms with Crippen LogP contribution < -0.4 is 0 Å². The Morgan fingerprint density at radius 3 is 1.31 bits per heavy atom. The monoisotopic (exact) mass is 804 g/mol. The van der Waals surface area contributed by atoms with Crippen LogP contribution in [-0.4, -0.2) is 9.13 Å². The minimum atomic E-state index is -4.74. The van der Waals surface area contributed by atoms with Crippen molar-refractivity contribution in [2.24, 2.45) is 0 Å². The molecule has 10 rings (SSSR count). The molecule has 2 aromatic heterocycles. The van der Waals surface area contributed by atoms with Crippen molar-refractivity contribution in [1.29, 1.82) is 21.0 Å². The van der Waals surface area contributed by atoms with Crippen LogP contribution in [0.5, 0.6) is 0 Å². The highest BCUT2D eigenvalue weighted by Crippen LogP contribution is 2.43. The fourth-order valence-electron chi connectivity index (χ4n) is 8.73. The lowest BCUT2D eigenvalue weighted by Crippen LogP contribution is -2.07. The second-order valence-corrected chi connectivity index (χ2v) is 14.9. The molecule has 0 saturated carbocycles. The maximum Gasteiger partial charge on any atom is 0.416 e. The van der Waals surface area contributed by atoms with Gasteiger partial charge in [0.05, 0.1) is 73.9 Å². The Hall–Kier alpha value is -8.89. The van der Waals surface area contributed by atoms with E-state index in [1.54, 1.807) is 36.4 Å². The molecule has 6 nitrogen and oxygen atoms in total. The molecule has 0 aliphatic rings. The van der Waals surface area contributed by atoms with E-state index in [-0.39, 0.29) is 16.7 Å². The number of alkyl halides is 3. The molecule has 0 aliphatic heterocycles. The summed E-state index contributed by atoms with van der Waals surface area (Å²) in [4.78, 5) is 0. The normalized spacial score (nSPS) is 11.4. The van der Waals surface area contributed by atoms with Crippen LogP contribution in [0.25, 0.3) is 88.4 Å². The summed E-state index contributed by atoms with van der Waals surface area (Å²) in [5.74, 6) is 0. The van der Waals surface area contributed by atoms with Crippen LogP contribution in [-0.2, 0) is 6.18 Å². The predicted octanol–water partition coefficient (Wildman–Crippen LogP) is 13.4. The van der Waals surface area contributed by atoms with E-state index in [0.717, 1.165) is 67.0 Å². The first kappa shape index (κ1) is 37.4. The maximum atomic E-state index is 14.5. The Balaban J connectivity index is 1.37. The standard InChI is InChI=1S/C53H27F3N6/c54-53(55,56)39-22-32(28-57)21-37(23-39)38-26-51(61-47-15-7-5-13-42(47)44-19-17-33(24-49(44)61)40-11-3-1-9-35(40)29-58)46(31-60)52(27-38)62-48-16-8-6-14-43(48)45-20-18-34(25-50(45)62)41-12-4-2-10-36(41)30-59/h1-27H. The van der Waals surface area contributed by atoms with E-state index in [1.165, 1.54) is 6.07 Å². The van der Waals surface area contributed by atoms with Crippen molar-refractivity contribution in [3.63, 3.8) is 0 Å². The first-order valence-corrected chi connectivity index (χ1v) is 19.5. The molecule has 62 heavy (non-hydrogen) atoms. The van der Waals surface area contributed by atoms with Crippen LogP contribution >= 0.6 is 0 Å². The fourth-order valence-corrected chi connectivity index (χ4v) is 8.73. The van der Waals surface area contributed by atoms with Crippen molar-refractivity contribution in [3.8, 4) is 69.0 Å². The van der Waals surface area contributed by atoms with Gasteiger partial charge in [-0.1, -0.05) is 97.1 Å². The van der Waals surface area contributed by atoms with Gasteiger partial charge in [-0.2, -0.15) is 34.2 Å². The number of rotatable bonds is 5. The molecule has 9 heteroatoms. The number of aromatic nitrogens is 2. The van der Waals surface area contributed by atoms with E-state index in [2.05, 4.69) is 18.2 Å². The Morgan fingerprint density at radius 1 is 0.387 bits per heavy atom. The summed E-state index contributed by atoms with van der Waals surface area (Å²) in [5.41, 5.74) is 7.17. The molecule has 0 unspecified atom stereocenters. The topological polar surface area (TPSA) is 105 Å². The number of halogens is 3. The Labute approximate surface area is 352 Å². The summed E-state index contributed by atoms with van der Waals surface area (Å²) in [6.07, 6.45) is -4.74. The molecule has 0 amide bonds. The van der Waals surface area contributed by atoms with Gasteiger partial charge in [-0.05, 0) is 100 Å². The number of hydrogen-bond donors (Lipinski definition) is 0. The van der Waals surface area contributed by atoms with Crippen molar-refractivity contribution >= 4 is 43.6 Å². The highest BCUT2D eigenvalue weighted by Gasteiger charge is 2.32. The van der Waals surface area contributed by atoms with Gasteiger partial charge in [0, 0.05) is 21.5 Å². The summed E-state index contributed by atoms with van der Waals surface area (Å²) in [6.45, 7) is 0. The van der Waals surface area contributed by atoms with E-state index in [9.17, 15) is 34.2 Å². The Kier molecular flexibility index (Phi) is 8.70. The predicted molar refractivity (Wildman–Crippen MR) is 235 cm³/mol. The molecular formula is C53H27F3N6. The van der Waals surface area contributed by atoms with Gasteiger partial charge in [0.15, 0.2) is 0 Å². The van der Waals surface area contributed by atoms with Crippen LogP contribution in [0.2, 0.25) is 0 Å². The third-order valence-corrected chi connectivity index (χ3v) is 11.5. The lowest BCUT2D eigenvalue weighted by molar-refractivity contribution is -0.137. The molecule has 0 spiro atoms. The zero-order valence-electron chi connectivity index (χ0n) is 32.4. The molecule has 8 aromatic carbocycles. The lowest BCUT2D eigenvalue weighted by Gasteiger charge is -2.19. The largest absolute Gasteiger partial charge is 0.416 e. The van der Waals surface area contributed by atoms with E-state index < -0.39 is 11.7 Å². The maximum absolute atomic E-state index is 14.5. The second-order valence-electron chi connectivity index (χ2n) is 14.9. The van der Waals surface area contributed by atoms with Crippen molar-refractivity contribution in [2.45, 2.75) is 6.18 Å². The molecule has 0 bridgehead atoms. The van der Waals surface area contributed by atoms with Crippen molar-refractivity contribution in [2.75, 3.05) is 0 Å². The average molecular weight is 805 g/mol. The molecule has 0 atom stereocenters. The Bertz CT molecular complexity index is 3500. The smallest absolute Gasteiger partial charge is 0.308 e. The third kappa shape index (κ3) is 5.93. The summed E-state index contributed by atoms with van der Waals surface area (Å²) >= 11 is 0. The van der Waals surface area contributed by atoms with Crippen LogP contribution in [0, 0.1) is 45.3 Å². The summed E-state index contributed by atoms with van der Waals surface area (Å²) in [7, 11) is 0. The van der Waals surface area contributed by atoms with Crippen molar-refractivity contribution < 1.29 is 13.2 Å². The molecule has 290 valence electrons. The van der Waals surface area contributed by atoms with Crippen LogP contribution in [0.3, 0.4) is 0 Å². The van der Waals surface area contributed by atoms with Crippen molar-refractivity contribution in [1.82, 2.24) is 9.13 Å². The number of fused-ring (bicyclic) bond motifs is 6. The minimum absolute atomic E-state index is 0.136. The van der Waals surface area contributed by atoms with E-state index >= 15 is 0 Å². The number of para-hydroxylation sites is 2. The first-order chi connectivity index (χ1) is 30.2. The summed E-state index contributed by atoms with van der Waals surface area (Å²) < 4.78 is 47.4. The van der Waals surface area contributed by atoms with Gasteiger partial charge in [0.2, 0.25) is 0 Å². The highest BCUT2D eigenvalue weighted by molar-refractivity contribution is 6.12. The van der Waals surface area contributed by atoms with Crippen LogP contribution in [0.15, 0.2) is 164 Å². The molecule has 0 radical (unpaired) electrons. The molecule has 0 N–H and O–H groups in total. The van der Waals surface area contributed by atoms with Gasteiger partial charge >= 0.3 is 6.18 Å². The lowest BCUT2D eigenvalue weighted by atomic mass is 9.96. The van der Waals surface area contributed by atoms with E-state index in [1.807, 2.05) is 124 Å². The van der Waals surface area contributed by atoms with Crippen molar-refractivity contribution in [3.05, 3.63) is 192 Å². The molecule has 0 saturated heterocycles. The fraction of sp³-hybridized carbons (Fsp3) is 0.0189. The quantitative estimate of drug-likeness (QED) is 0.173. The number of benzene rings is 8. The van der Waals surface area contributed by atoms with E-state index in [0.29, 0.717) is 39.1 Å². The minimum Gasteiger partial charge on any atom is -0.308 e. The van der Waals surface area contributed by atoms with E-state index in [4.69, 9.17) is 0 Å². The second kappa shape index (κ2) is 14.4. The zero-order chi connectivity index (χ0) is 42.7. The zero-order valence-corrected chi connectivity index (χ0v) is 32.4. The van der Waals surface area contributed by atoms with Gasteiger partial charge in [-0.3, -0.25) is 0 Å². The van der Waals surface area contributed by atoms with Crippen LogP contribution in [0.1, 0.15) is 27.8 Å². The van der Waals surface area contributed by atoms with Gasteiger partial charge < -0.3 is 9.13 Å². The first-order valence-electron chi connectivity index (χ1n) is 19.5. The molecule has 0 aliphatic carbocycles. The number of nitriles is 4. The summed E-state index contributed by atoms with van der Waals surface area (Å²) in [6, 6.07) is 57.5. The third-order valence-electron chi connectivity index (χ3n) is 11.5. The SMILES string of the molecule is N#Cc1cc(-c2cc(-n3c4ccccc4c4ccc(-c5ccccc5C#N)cc43)c(C#N)c(-n3c4ccccc4c4ccc(-c5ccccc5C#N)cc43)c2)cc(C(F)(F)F)c1. The Morgan fingerprint density at radius 2 is 0.839 bits per heavy atom.